The van der Waals surface area contributed by atoms with Crippen molar-refractivity contribution >= 4 is 29.0 Å². The number of nitriles is 1. The van der Waals surface area contributed by atoms with Gasteiger partial charge in [0.05, 0.1) is 12.8 Å². The predicted molar refractivity (Wildman–Crippen MR) is 127 cm³/mol. The molecule has 1 aliphatic rings. The first kappa shape index (κ1) is 24.9. The molecule has 2 aromatic heterocycles. The number of rotatable bonds is 8. The topological polar surface area (TPSA) is 117 Å². The third-order valence-electron chi connectivity index (χ3n) is 5.48. The molecule has 0 fully saturated rings. The molecule has 0 bridgehead atoms. The first-order valence-corrected chi connectivity index (χ1v) is 11.1. The van der Waals surface area contributed by atoms with Crippen LogP contribution in [0.2, 0.25) is 0 Å². The molecule has 0 radical (unpaired) electrons. The molecular formula is C24H22F3N7O2. The Bertz CT molecular complexity index is 1320. The maximum absolute atomic E-state index is 15.4. The third kappa shape index (κ3) is 4.66. The molecule has 1 aliphatic heterocycles. The summed E-state index contributed by atoms with van der Waals surface area (Å²) in [4.78, 5) is 23.8. The molecule has 3 heterocycles. The van der Waals surface area contributed by atoms with E-state index >= 15 is 8.78 Å². The van der Waals surface area contributed by atoms with Crippen LogP contribution in [0.4, 0.5) is 41.0 Å². The highest BCUT2D eigenvalue weighted by Crippen LogP contribution is 2.44. The van der Waals surface area contributed by atoms with Crippen LogP contribution < -0.4 is 20.4 Å². The number of fused-ring (bicyclic) bond motifs is 3. The lowest BCUT2D eigenvalue weighted by molar-refractivity contribution is 0.253. The number of hydrogen-bond acceptors (Lipinski definition) is 7. The summed E-state index contributed by atoms with van der Waals surface area (Å²) in [6.07, 6.45) is 0.943. The van der Waals surface area contributed by atoms with Gasteiger partial charge in [-0.3, -0.25) is 4.90 Å². The maximum Gasteiger partial charge on any atom is 0.336 e. The molecule has 0 saturated carbocycles. The van der Waals surface area contributed by atoms with Gasteiger partial charge in [0, 0.05) is 43.0 Å². The van der Waals surface area contributed by atoms with Gasteiger partial charge in [-0.15, -0.1) is 0 Å². The number of halogens is 3. The molecule has 0 atom stereocenters. The SMILES string of the molecule is CCN1C(=O)N(c2c(F)cc(NCCNCCO)cc2F)c2nc(C#N)ccc2-c2cc(F)cnc21. The van der Waals surface area contributed by atoms with Gasteiger partial charge in [-0.25, -0.2) is 32.8 Å². The Morgan fingerprint density at radius 3 is 2.47 bits per heavy atom. The summed E-state index contributed by atoms with van der Waals surface area (Å²) < 4.78 is 45.0. The Morgan fingerprint density at radius 1 is 1.06 bits per heavy atom. The molecule has 3 N–H and O–H groups in total. The summed E-state index contributed by atoms with van der Waals surface area (Å²) in [5.74, 6) is -2.91. The number of pyridine rings is 2. The van der Waals surface area contributed by atoms with E-state index in [1.807, 2.05) is 6.07 Å². The third-order valence-corrected chi connectivity index (χ3v) is 5.48. The minimum atomic E-state index is -1.05. The van der Waals surface area contributed by atoms with Gasteiger partial charge in [-0.1, -0.05) is 0 Å². The van der Waals surface area contributed by atoms with E-state index in [9.17, 15) is 14.4 Å². The van der Waals surface area contributed by atoms with Gasteiger partial charge in [0.25, 0.3) is 0 Å². The molecule has 0 aliphatic carbocycles. The number of nitrogens with zero attached hydrogens (tertiary/aromatic N) is 5. The van der Waals surface area contributed by atoms with Gasteiger partial charge in [0.2, 0.25) is 0 Å². The number of nitrogens with one attached hydrogen (secondary N) is 2. The molecule has 9 nitrogen and oxygen atoms in total. The van der Waals surface area contributed by atoms with E-state index in [1.54, 1.807) is 6.92 Å². The number of amides is 2. The van der Waals surface area contributed by atoms with E-state index in [0.29, 0.717) is 19.6 Å². The Labute approximate surface area is 204 Å². The number of benzene rings is 1. The standard InChI is InChI=1S/C24H22F3N7O2/c1-2-33-22-18(9-14(25)13-31-22)17-4-3-15(12-28)32-23(17)34(24(33)36)21-19(26)10-16(11-20(21)27)30-6-5-29-7-8-35/h3-4,9-11,13,29-30,35H,2,5-8H2,1H3. The number of hydrogen-bond donors (Lipinski definition) is 3. The van der Waals surface area contributed by atoms with Crippen LogP contribution in [-0.4, -0.2) is 53.9 Å². The van der Waals surface area contributed by atoms with E-state index in [4.69, 9.17) is 5.11 Å². The van der Waals surface area contributed by atoms with Gasteiger partial charge < -0.3 is 15.7 Å². The second kappa shape index (κ2) is 10.6. The predicted octanol–water partition coefficient (Wildman–Crippen LogP) is 3.52. The van der Waals surface area contributed by atoms with Gasteiger partial charge in [0.1, 0.15) is 29.1 Å². The van der Waals surface area contributed by atoms with Crippen LogP contribution >= 0.6 is 0 Å². The van der Waals surface area contributed by atoms with E-state index in [0.717, 1.165) is 34.2 Å². The number of carbonyl (C=O) groups excluding carboxylic acids is 1. The van der Waals surface area contributed by atoms with Crippen molar-refractivity contribution in [3.8, 4) is 17.2 Å². The maximum atomic E-state index is 15.4. The van der Waals surface area contributed by atoms with Crippen molar-refractivity contribution in [2.75, 3.05) is 47.9 Å². The quantitative estimate of drug-likeness (QED) is 0.408. The lowest BCUT2D eigenvalue weighted by Gasteiger charge is -2.27. The van der Waals surface area contributed by atoms with Crippen molar-refractivity contribution < 1.29 is 23.1 Å². The lowest BCUT2D eigenvalue weighted by Crippen LogP contribution is -2.41. The van der Waals surface area contributed by atoms with Crippen molar-refractivity contribution in [2.45, 2.75) is 6.92 Å². The number of aliphatic hydroxyl groups is 1. The van der Waals surface area contributed by atoms with Crippen LogP contribution in [0.15, 0.2) is 36.5 Å². The summed E-state index contributed by atoms with van der Waals surface area (Å²) in [7, 11) is 0. The molecule has 4 rings (SSSR count). The van der Waals surface area contributed by atoms with Crippen molar-refractivity contribution in [3.05, 3.63) is 59.7 Å². The van der Waals surface area contributed by atoms with E-state index in [1.165, 1.54) is 12.1 Å². The zero-order valence-corrected chi connectivity index (χ0v) is 19.2. The monoisotopic (exact) mass is 497 g/mol. The van der Waals surface area contributed by atoms with Crippen LogP contribution in [0.3, 0.4) is 0 Å². The Morgan fingerprint density at radius 2 is 1.81 bits per heavy atom. The van der Waals surface area contributed by atoms with Gasteiger partial charge in [-0.2, -0.15) is 5.26 Å². The first-order chi connectivity index (χ1) is 17.4. The van der Waals surface area contributed by atoms with Crippen molar-refractivity contribution in [1.82, 2.24) is 15.3 Å². The number of aromatic nitrogens is 2. The second-order valence-electron chi connectivity index (χ2n) is 7.76. The molecule has 2 amide bonds. The molecular weight excluding hydrogens is 475 g/mol. The van der Waals surface area contributed by atoms with E-state index in [-0.39, 0.29) is 47.3 Å². The minimum Gasteiger partial charge on any atom is -0.395 e. The van der Waals surface area contributed by atoms with Crippen molar-refractivity contribution in [3.63, 3.8) is 0 Å². The number of carbonyl (C=O) groups is 1. The van der Waals surface area contributed by atoms with E-state index < -0.39 is 29.2 Å². The lowest BCUT2D eigenvalue weighted by atomic mass is 10.1. The fourth-order valence-electron chi connectivity index (χ4n) is 3.91. The molecule has 36 heavy (non-hydrogen) atoms. The first-order valence-electron chi connectivity index (χ1n) is 11.1. The van der Waals surface area contributed by atoms with Crippen LogP contribution in [-0.2, 0) is 0 Å². The minimum absolute atomic E-state index is 0.0361. The highest BCUT2D eigenvalue weighted by molar-refractivity contribution is 6.14. The molecule has 0 unspecified atom stereocenters. The molecule has 0 spiro atoms. The highest BCUT2D eigenvalue weighted by atomic mass is 19.1. The van der Waals surface area contributed by atoms with Crippen molar-refractivity contribution in [2.24, 2.45) is 0 Å². The molecule has 186 valence electrons. The summed E-state index contributed by atoms with van der Waals surface area (Å²) in [5.41, 5.74) is -0.290. The van der Waals surface area contributed by atoms with Gasteiger partial charge in [0.15, 0.2) is 17.5 Å². The summed E-state index contributed by atoms with van der Waals surface area (Å²) in [6, 6.07) is 7.01. The second-order valence-corrected chi connectivity index (χ2v) is 7.76. The van der Waals surface area contributed by atoms with Crippen molar-refractivity contribution in [1.29, 1.82) is 5.26 Å². The highest BCUT2D eigenvalue weighted by Gasteiger charge is 2.37. The summed E-state index contributed by atoms with van der Waals surface area (Å²) in [6.45, 7) is 2.81. The van der Waals surface area contributed by atoms with Crippen LogP contribution in [0, 0.1) is 28.8 Å². The average Bonchev–Trinajstić information content (AvgIpc) is 2.95. The number of aliphatic hydroxyl groups excluding tert-OH is 1. The smallest absolute Gasteiger partial charge is 0.336 e. The fraction of sp³-hybridized carbons (Fsp3) is 0.250. The van der Waals surface area contributed by atoms with Crippen LogP contribution in [0.1, 0.15) is 12.6 Å². The number of urea groups is 1. The van der Waals surface area contributed by atoms with Crippen LogP contribution in [0.25, 0.3) is 11.1 Å². The molecule has 0 saturated heterocycles. The molecule has 3 aromatic rings. The summed E-state index contributed by atoms with van der Waals surface area (Å²) in [5, 5.41) is 24.0. The Balaban J connectivity index is 1.84. The number of anilines is 4. The zero-order valence-electron chi connectivity index (χ0n) is 19.2. The summed E-state index contributed by atoms with van der Waals surface area (Å²) >= 11 is 0. The fourth-order valence-corrected chi connectivity index (χ4v) is 3.91. The average molecular weight is 497 g/mol. The molecule has 1 aromatic carbocycles. The Hall–Kier alpha value is -4.21. The largest absolute Gasteiger partial charge is 0.395 e. The van der Waals surface area contributed by atoms with Gasteiger partial charge >= 0.3 is 6.03 Å². The van der Waals surface area contributed by atoms with Gasteiger partial charge in [-0.05, 0) is 37.3 Å². The molecule has 12 heteroatoms. The van der Waals surface area contributed by atoms with E-state index in [2.05, 4.69) is 20.6 Å². The zero-order chi connectivity index (χ0) is 25.8. The normalized spacial score (nSPS) is 12.6. The Kier molecular flexibility index (Phi) is 7.33. The van der Waals surface area contributed by atoms with Crippen LogP contribution in [0.5, 0.6) is 0 Å².